The van der Waals surface area contributed by atoms with Crippen molar-refractivity contribution in [3.05, 3.63) is 52.5 Å². The van der Waals surface area contributed by atoms with Gasteiger partial charge < -0.3 is 4.57 Å². The molecule has 0 fully saturated rings. The third-order valence-corrected chi connectivity index (χ3v) is 5.08. The van der Waals surface area contributed by atoms with Crippen LogP contribution in [0.3, 0.4) is 0 Å². The summed E-state index contributed by atoms with van der Waals surface area (Å²) in [7, 11) is 0. The molecule has 3 aromatic rings. The van der Waals surface area contributed by atoms with Crippen LogP contribution >= 0.6 is 11.3 Å². The standard InChI is InChI=1S/C16H16N4S/c1-2-13-14(3-1)21-15(19-13)6-10-20-11-9-18-16(20)12-4-7-17-8-5-12/h4-5,7-9,11H,1-3,6,10H2. The van der Waals surface area contributed by atoms with Gasteiger partial charge in [-0.2, -0.15) is 0 Å². The minimum Gasteiger partial charge on any atom is -0.331 e. The molecule has 3 aromatic heterocycles. The van der Waals surface area contributed by atoms with Crippen LogP contribution in [0.15, 0.2) is 36.9 Å². The van der Waals surface area contributed by atoms with Crippen molar-refractivity contribution in [1.29, 1.82) is 0 Å². The van der Waals surface area contributed by atoms with Gasteiger partial charge in [0.1, 0.15) is 5.82 Å². The van der Waals surface area contributed by atoms with Gasteiger partial charge in [0.15, 0.2) is 0 Å². The van der Waals surface area contributed by atoms with Crippen molar-refractivity contribution in [2.75, 3.05) is 0 Å². The van der Waals surface area contributed by atoms with Crippen LogP contribution in [0.5, 0.6) is 0 Å². The molecule has 0 unspecified atom stereocenters. The SMILES string of the molecule is c1cc(-c2nccn2CCc2nc3c(s2)CCC3)ccn1. The minimum atomic E-state index is 0.921. The molecule has 0 saturated heterocycles. The Bertz CT molecular complexity index is 723. The predicted octanol–water partition coefficient (Wildman–Crippen LogP) is 3.13. The topological polar surface area (TPSA) is 43.6 Å². The molecule has 1 aliphatic rings. The number of aryl methyl sites for hydroxylation is 4. The first-order chi connectivity index (χ1) is 10.4. The molecule has 0 amide bonds. The van der Waals surface area contributed by atoms with Crippen LogP contribution in [0, 0.1) is 0 Å². The predicted molar refractivity (Wildman–Crippen MR) is 83.3 cm³/mol. The number of imidazole rings is 1. The quantitative estimate of drug-likeness (QED) is 0.743. The third kappa shape index (κ3) is 2.49. The summed E-state index contributed by atoms with van der Waals surface area (Å²) in [6, 6.07) is 3.99. The van der Waals surface area contributed by atoms with Crippen molar-refractivity contribution in [3.63, 3.8) is 0 Å². The van der Waals surface area contributed by atoms with E-state index in [2.05, 4.69) is 14.5 Å². The van der Waals surface area contributed by atoms with Gasteiger partial charge in [0.25, 0.3) is 0 Å². The first kappa shape index (κ1) is 12.7. The molecule has 0 aromatic carbocycles. The monoisotopic (exact) mass is 296 g/mol. The van der Waals surface area contributed by atoms with Crippen molar-refractivity contribution in [1.82, 2.24) is 19.5 Å². The molecule has 0 atom stereocenters. The van der Waals surface area contributed by atoms with Gasteiger partial charge in [0.05, 0.1) is 10.7 Å². The normalized spacial score (nSPS) is 13.5. The van der Waals surface area contributed by atoms with E-state index in [9.17, 15) is 0 Å². The molecule has 1 aliphatic carbocycles. The number of hydrogen-bond acceptors (Lipinski definition) is 4. The van der Waals surface area contributed by atoms with Gasteiger partial charge in [-0.25, -0.2) is 9.97 Å². The van der Waals surface area contributed by atoms with Gasteiger partial charge in [-0.3, -0.25) is 4.98 Å². The lowest BCUT2D eigenvalue weighted by atomic mass is 10.2. The number of aromatic nitrogens is 4. The maximum atomic E-state index is 4.77. The molecule has 0 spiro atoms. The fourth-order valence-electron chi connectivity index (χ4n) is 2.82. The van der Waals surface area contributed by atoms with E-state index in [1.165, 1.54) is 34.8 Å². The second kappa shape index (κ2) is 5.41. The smallest absolute Gasteiger partial charge is 0.140 e. The zero-order chi connectivity index (χ0) is 14.1. The molecule has 21 heavy (non-hydrogen) atoms. The maximum Gasteiger partial charge on any atom is 0.140 e. The Labute approximate surface area is 127 Å². The van der Waals surface area contributed by atoms with Gasteiger partial charge in [-0.15, -0.1) is 11.3 Å². The Balaban J connectivity index is 1.51. The van der Waals surface area contributed by atoms with E-state index < -0.39 is 0 Å². The van der Waals surface area contributed by atoms with E-state index in [0.29, 0.717) is 0 Å². The summed E-state index contributed by atoms with van der Waals surface area (Å²) in [4.78, 5) is 14.8. The van der Waals surface area contributed by atoms with Gasteiger partial charge in [-0.05, 0) is 31.4 Å². The van der Waals surface area contributed by atoms with Gasteiger partial charge in [0, 0.05) is 48.2 Å². The van der Waals surface area contributed by atoms with E-state index in [-0.39, 0.29) is 0 Å². The fourth-order valence-corrected chi connectivity index (χ4v) is 3.96. The average molecular weight is 296 g/mol. The summed E-state index contributed by atoms with van der Waals surface area (Å²) in [6.07, 6.45) is 12.2. The highest BCUT2D eigenvalue weighted by Gasteiger charge is 2.16. The molecule has 5 heteroatoms. The van der Waals surface area contributed by atoms with Crippen LogP contribution in [-0.2, 0) is 25.8 Å². The Morgan fingerprint density at radius 1 is 1.14 bits per heavy atom. The number of nitrogens with zero attached hydrogens (tertiary/aromatic N) is 4. The summed E-state index contributed by atoms with van der Waals surface area (Å²) in [5.74, 6) is 1.00. The fraction of sp³-hybridized carbons (Fsp3) is 0.312. The van der Waals surface area contributed by atoms with E-state index in [0.717, 1.165) is 24.4 Å². The second-order valence-electron chi connectivity index (χ2n) is 5.26. The van der Waals surface area contributed by atoms with Gasteiger partial charge >= 0.3 is 0 Å². The molecule has 3 heterocycles. The first-order valence-corrected chi connectivity index (χ1v) is 8.11. The molecular weight excluding hydrogens is 280 g/mol. The molecular formula is C16H16N4S. The summed E-state index contributed by atoms with van der Waals surface area (Å²) in [6.45, 7) is 0.921. The highest BCUT2D eigenvalue weighted by molar-refractivity contribution is 7.11. The zero-order valence-electron chi connectivity index (χ0n) is 11.7. The number of fused-ring (bicyclic) bond motifs is 1. The number of thiazole rings is 1. The zero-order valence-corrected chi connectivity index (χ0v) is 12.5. The largest absolute Gasteiger partial charge is 0.331 e. The van der Waals surface area contributed by atoms with Crippen LogP contribution in [0.4, 0.5) is 0 Å². The van der Waals surface area contributed by atoms with Crippen molar-refractivity contribution in [3.8, 4) is 11.4 Å². The average Bonchev–Trinajstić information content (AvgIpc) is 3.21. The van der Waals surface area contributed by atoms with E-state index >= 15 is 0 Å². The van der Waals surface area contributed by atoms with Crippen LogP contribution in [-0.4, -0.2) is 19.5 Å². The highest BCUT2D eigenvalue weighted by atomic mass is 32.1. The summed E-state index contributed by atoms with van der Waals surface area (Å²) in [5.41, 5.74) is 2.45. The summed E-state index contributed by atoms with van der Waals surface area (Å²) >= 11 is 1.89. The van der Waals surface area contributed by atoms with Crippen molar-refractivity contribution in [2.45, 2.75) is 32.2 Å². The molecule has 106 valence electrons. The van der Waals surface area contributed by atoms with Crippen LogP contribution in [0.2, 0.25) is 0 Å². The lowest BCUT2D eigenvalue weighted by Gasteiger charge is -2.06. The Morgan fingerprint density at radius 2 is 2.05 bits per heavy atom. The number of rotatable bonds is 4. The van der Waals surface area contributed by atoms with Crippen molar-refractivity contribution in [2.24, 2.45) is 0 Å². The first-order valence-electron chi connectivity index (χ1n) is 7.29. The van der Waals surface area contributed by atoms with Gasteiger partial charge in [-0.1, -0.05) is 0 Å². The van der Waals surface area contributed by atoms with E-state index in [4.69, 9.17) is 4.98 Å². The molecule has 0 N–H and O–H groups in total. The molecule has 4 nitrogen and oxygen atoms in total. The van der Waals surface area contributed by atoms with Crippen molar-refractivity contribution >= 4 is 11.3 Å². The maximum absolute atomic E-state index is 4.77. The van der Waals surface area contributed by atoms with E-state index in [1.807, 2.05) is 35.9 Å². The van der Waals surface area contributed by atoms with Crippen molar-refractivity contribution < 1.29 is 0 Å². The lowest BCUT2D eigenvalue weighted by Crippen LogP contribution is -2.02. The molecule has 0 saturated carbocycles. The number of hydrogen-bond donors (Lipinski definition) is 0. The van der Waals surface area contributed by atoms with Crippen LogP contribution in [0.1, 0.15) is 22.0 Å². The lowest BCUT2D eigenvalue weighted by molar-refractivity contribution is 0.698. The summed E-state index contributed by atoms with van der Waals surface area (Å²) < 4.78 is 2.20. The molecule has 0 bridgehead atoms. The minimum absolute atomic E-state index is 0.921. The van der Waals surface area contributed by atoms with Crippen LogP contribution < -0.4 is 0 Å². The number of pyridine rings is 1. The Hall–Kier alpha value is -2.01. The van der Waals surface area contributed by atoms with Crippen LogP contribution in [0.25, 0.3) is 11.4 Å². The molecule has 0 aliphatic heterocycles. The molecule has 4 rings (SSSR count). The van der Waals surface area contributed by atoms with E-state index in [1.54, 1.807) is 12.4 Å². The molecule has 0 radical (unpaired) electrons. The Kier molecular flexibility index (Phi) is 3.27. The van der Waals surface area contributed by atoms with Gasteiger partial charge in [0.2, 0.25) is 0 Å². The summed E-state index contributed by atoms with van der Waals surface area (Å²) in [5, 5.41) is 1.26. The highest BCUT2D eigenvalue weighted by Crippen LogP contribution is 2.28. The Morgan fingerprint density at radius 3 is 2.90 bits per heavy atom. The third-order valence-electron chi connectivity index (χ3n) is 3.86. The second-order valence-corrected chi connectivity index (χ2v) is 6.43.